The van der Waals surface area contributed by atoms with Crippen molar-refractivity contribution in [3.63, 3.8) is 0 Å². The first-order valence-electron chi connectivity index (χ1n) is 6.85. The van der Waals surface area contributed by atoms with Crippen LogP contribution in [0, 0.1) is 13.8 Å². The predicted octanol–water partition coefficient (Wildman–Crippen LogP) is 2.39. The van der Waals surface area contributed by atoms with Gasteiger partial charge in [-0.1, -0.05) is 6.07 Å². The number of hydrogen-bond acceptors (Lipinski definition) is 3. The van der Waals surface area contributed by atoms with Gasteiger partial charge in [0.1, 0.15) is 11.3 Å². The van der Waals surface area contributed by atoms with Crippen LogP contribution >= 0.6 is 0 Å². The smallest absolute Gasteiger partial charge is 0.329 e. The SMILES string of the molecule is Cc1cc(C)cc(OCCC(=O)N(C)C(C)(C)C(=O)O)c1. The maximum atomic E-state index is 12.0. The van der Waals surface area contributed by atoms with Crippen LogP contribution < -0.4 is 4.74 Å². The fraction of sp³-hybridized carbons (Fsp3) is 0.500. The van der Waals surface area contributed by atoms with Gasteiger partial charge in [0, 0.05) is 7.05 Å². The third kappa shape index (κ3) is 4.48. The van der Waals surface area contributed by atoms with Crippen LogP contribution in [-0.2, 0) is 9.59 Å². The topological polar surface area (TPSA) is 66.8 Å². The van der Waals surface area contributed by atoms with Gasteiger partial charge < -0.3 is 14.7 Å². The molecule has 5 heteroatoms. The van der Waals surface area contributed by atoms with Crippen LogP contribution in [0.4, 0.5) is 0 Å². The van der Waals surface area contributed by atoms with Gasteiger partial charge in [-0.3, -0.25) is 4.79 Å². The van der Waals surface area contributed by atoms with Gasteiger partial charge in [0.05, 0.1) is 13.0 Å². The molecule has 1 aromatic rings. The summed E-state index contributed by atoms with van der Waals surface area (Å²) in [5, 5.41) is 9.10. The number of hydrogen-bond donors (Lipinski definition) is 1. The summed E-state index contributed by atoms with van der Waals surface area (Å²) in [4.78, 5) is 24.3. The monoisotopic (exact) mass is 293 g/mol. The van der Waals surface area contributed by atoms with Crippen LogP contribution in [0.3, 0.4) is 0 Å². The largest absolute Gasteiger partial charge is 0.493 e. The molecule has 1 N–H and O–H groups in total. The van der Waals surface area contributed by atoms with Gasteiger partial charge in [-0.25, -0.2) is 4.79 Å². The number of carboxylic acid groups (broad SMARTS) is 1. The Labute approximate surface area is 125 Å². The van der Waals surface area contributed by atoms with Crippen LogP contribution in [-0.4, -0.2) is 41.1 Å². The zero-order valence-electron chi connectivity index (χ0n) is 13.3. The highest BCUT2D eigenvalue weighted by molar-refractivity contribution is 5.86. The molecule has 0 spiro atoms. The Kier molecular flexibility index (Phi) is 5.35. The fourth-order valence-electron chi connectivity index (χ4n) is 1.90. The van der Waals surface area contributed by atoms with E-state index in [0.29, 0.717) is 0 Å². The number of ether oxygens (including phenoxy) is 1. The molecule has 0 aliphatic carbocycles. The maximum Gasteiger partial charge on any atom is 0.329 e. The minimum atomic E-state index is -1.23. The van der Waals surface area contributed by atoms with E-state index < -0.39 is 11.5 Å². The summed E-state index contributed by atoms with van der Waals surface area (Å²) in [5.74, 6) is -0.569. The van der Waals surface area contributed by atoms with Crippen molar-refractivity contribution in [2.45, 2.75) is 39.7 Å². The van der Waals surface area contributed by atoms with E-state index in [-0.39, 0.29) is 18.9 Å². The van der Waals surface area contributed by atoms with Gasteiger partial charge >= 0.3 is 5.97 Å². The third-order valence-corrected chi connectivity index (χ3v) is 3.52. The Morgan fingerprint density at radius 3 is 2.19 bits per heavy atom. The van der Waals surface area contributed by atoms with Crippen LogP contribution in [0.15, 0.2) is 18.2 Å². The number of likely N-dealkylation sites (N-methyl/N-ethyl adjacent to an activating group) is 1. The number of carbonyl (C=O) groups excluding carboxylic acids is 1. The minimum absolute atomic E-state index is 0.139. The molecule has 1 rings (SSSR count). The van der Waals surface area contributed by atoms with Crippen LogP contribution in [0.25, 0.3) is 0 Å². The van der Waals surface area contributed by atoms with Crippen molar-refractivity contribution in [1.29, 1.82) is 0 Å². The molecule has 0 saturated carbocycles. The van der Waals surface area contributed by atoms with Crippen molar-refractivity contribution < 1.29 is 19.4 Å². The van der Waals surface area contributed by atoms with Crippen LogP contribution in [0.5, 0.6) is 5.75 Å². The van der Waals surface area contributed by atoms with Gasteiger partial charge in [-0.05, 0) is 51.0 Å². The number of carboxylic acids is 1. The highest BCUT2D eigenvalue weighted by Crippen LogP contribution is 2.17. The average molecular weight is 293 g/mol. The van der Waals surface area contributed by atoms with Crippen molar-refractivity contribution in [3.05, 3.63) is 29.3 Å². The summed E-state index contributed by atoms with van der Waals surface area (Å²) in [6, 6.07) is 5.85. The number of aliphatic carboxylic acids is 1. The highest BCUT2D eigenvalue weighted by Gasteiger charge is 2.34. The number of aryl methyl sites for hydroxylation is 2. The maximum absolute atomic E-state index is 12.0. The van der Waals surface area contributed by atoms with Crippen molar-refractivity contribution in [2.75, 3.05) is 13.7 Å². The summed E-state index contributed by atoms with van der Waals surface area (Å²) in [5.41, 5.74) is 0.970. The molecule has 5 nitrogen and oxygen atoms in total. The summed E-state index contributed by atoms with van der Waals surface area (Å²) < 4.78 is 5.57. The number of rotatable bonds is 6. The van der Waals surface area contributed by atoms with Gasteiger partial charge in [-0.15, -0.1) is 0 Å². The molecule has 0 aliphatic rings. The molecule has 21 heavy (non-hydrogen) atoms. The summed E-state index contributed by atoms with van der Waals surface area (Å²) in [6.45, 7) is 7.18. The second-order valence-electron chi connectivity index (χ2n) is 5.74. The highest BCUT2D eigenvalue weighted by atomic mass is 16.5. The standard InChI is InChI=1S/C16H23NO4/c1-11-8-12(2)10-13(9-11)21-7-6-14(18)17(5)16(3,4)15(19)20/h8-10H,6-7H2,1-5H3,(H,19,20). The van der Waals surface area contributed by atoms with E-state index in [1.54, 1.807) is 0 Å². The first kappa shape index (κ1) is 17.0. The zero-order chi connectivity index (χ0) is 16.2. The van der Waals surface area contributed by atoms with Crippen molar-refractivity contribution >= 4 is 11.9 Å². The lowest BCUT2D eigenvalue weighted by molar-refractivity contribution is -0.155. The van der Waals surface area contributed by atoms with Gasteiger partial charge in [0.2, 0.25) is 5.91 Å². The molecule has 0 saturated heterocycles. The lowest BCUT2D eigenvalue weighted by Crippen LogP contribution is -2.51. The Morgan fingerprint density at radius 1 is 1.19 bits per heavy atom. The lowest BCUT2D eigenvalue weighted by Gasteiger charge is -2.31. The van der Waals surface area contributed by atoms with E-state index >= 15 is 0 Å². The van der Waals surface area contributed by atoms with E-state index in [9.17, 15) is 9.59 Å². The minimum Gasteiger partial charge on any atom is -0.493 e. The quantitative estimate of drug-likeness (QED) is 0.874. The number of benzene rings is 1. The van der Waals surface area contributed by atoms with E-state index in [1.807, 2.05) is 32.0 Å². The normalized spacial score (nSPS) is 11.1. The zero-order valence-corrected chi connectivity index (χ0v) is 13.3. The molecule has 0 bridgehead atoms. The van der Waals surface area contributed by atoms with Crippen molar-refractivity contribution in [2.24, 2.45) is 0 Å². The number of carbonyl (C=O) groups is 2. The van der Waals surface area contributed by atoms with Gasteiger partial charge in [0.15, 0.2) is 0 Å². The predicted molar refractivity (Wildman–Crippen MR) is 80.5 cm³/mol. The molecule has 1 aromatic carbocycles. The molecular formula is C16H23NO4. The molecule has 1 amide bonds. The van der Waals surface area contributed by atoms with E-state index in [1.165, 1.54) is 25.8 Å². The number of amides is 1. The van der Waals surface area contributed by atoms with Gasteiger partial charge in [0.25, 0.3) is 0 Å². The first-order valence-corrected chi connectivity index (χ1v) is 6.85. The third-order valence-electron chi connectivity index (χ3n) is 3.52. The van der Waals surface area contributed by atoms with Crippen LogP contribution in [0.1, 0.15) is 31.4 Å². The van der Waals surface area contributed by atoms with E-state index in [2.05, 4.69) is 0 Å². The Balaban J connectivity index is 2.56. The van der Waals surface area contributed by atoms with Gasteiger partial charge in [-0.2, -0.15) is 0 Å². The summed E-state index contributed by atoms with van der Waals surface area (Å²) in [6.07, 6.45) is 0.139. The van der Waals surface area contributed by atoms with Crippen molar-refractivity contribution in [1.82, 2.24) is 4.90 Å². The Bertz CT molecular complexity index is 517. The summed E-state index contributed by atoms with van der Waals surface area (Å²) >= 11 is 0. The molecule has 0 aliphatic heterocycles. The molecule has 0 unspecified atom stereocenters. The van der Waals surface area contributed by atoms with E-state index in [4.69, 9.17) is 9.84 Å². The Morgan fingerprint density at radius 2 is 1.71 bits per heavy atom. The first-order chi connectivity index (χ1) is 9.64. The lowest BCUT2D eigenvalue weighted by atomic mass is 10.0. The van der Waals surface area contributed by atoms with Crippen molar-refractivity contribution in [3.8, 4) is 5.75 Å². The molecule has 0 radical (unpaired) electrons. The fourth-order valence-corrected chi connectivity index (χ4v) is 1.90. The van der Waals surface area contributed by atoms with E-state index in [0.717, 1.165) is 16.9 Å². The summed E-state index contributed by atoms with van der Waals surface area (Å²) in [7, 11) is 1.49. The second kappa shape index (κ2) is 6.61. The molecule has 0 heterocycles. The molecule has 0 aromatic heterocycles. The molecular weight excluding hydrogens is 270 g/mol. The number of nitrogens with zero attached hydrogens (tertiary/aromatic N) is 1. The second-order valence-corrected chi connectivity index (χ2v) is 5.74. The molecule has 0 atom stereocenters. The Hall–Kier alpha value is -2.04. The molecule has 0 fully saturated rings. The average Bonchev–Trinajstić information content (AvgIpc) is 2.36. The van der Waals surface area contributed by atoms with Crippen LogP contribution in [0.2, 0.25) is 0 Å². The molecule has 116 valence electrons.